The summed E-state index contributed by atoms with van der Waals surface area (Å²) in [7, 11) is -2.33. The zero-order chi connectivity index (χ0) is 13.9. The maximum Gasteiger partial charge on any atom is 0.242 e. The second-order valence-electron chi connectivity index (χ2n) is 3.89. The van der Waals surface area contributed by atoms with Gasteiger partial charge >= 0.3 is 0 Å². The van der Waals surface area contributed by atoms with Crippen LogP contribution in [0, 0.1) is 11.3 Å². The van der Waals surface area contributed by atoms with Crippen LogP contribution < -0.4 is 0 Å². The Balaban J connectivity index is 3.14. The normalized spacial score (nSPS) is 13.3. The summed E-state index contributed by atoms with van der Waals surface area (Å²) >= 11 is 5.79. The van der Waals surface area contributed by atoms with E-state index in [1.807, 2.05) is 6.07 Å². The van der Waals surface area contributed by atoms with Crippen LogP contribution in [-0.4, -0.2) is 37.5 Å². The van der Waals surface area contributed by atoms with Gasteiger partial charge in [0.2, 0.25) is 10.0 Å². The molecule has 5 nitrogen and oxygen atoms in total. The molecule has 0 radical (unpaired) electrons. The molecule has 1 rings (SSSR count). The number of nitrogens with zero attached hydrogens (tertiary/aromatic N) is 2. The van der Waals surface area contributed by atoms with E-state index in [0.717, 1.165) is 4.31 Å². The predicted molar refractivity (Wildman–Crippen MR) is 67.7 cm³/mol. The van der Waals surface area contributed by atoms with Crippen LogP contribution >= 0.6 is 11.6 Å². The van der Waals surface area contributed by atoms with E-state index < -0.39 is 16.1 Å². The first-order chi connectivity index (χ1) is 8.28. The minimum absolute atomic E-state index is 0.00495. The summed E-state index contributed by atoms with van der Waals surface area (Å²) in [5.74, 6) is 0. The van der Waals surface area contributed by atoms with E-state index in [1.165, 1.54) is 32.2 Å². The van der Waals surface area contributed by atoms with Gasteiger partial charge in [-0.25, -0.2) is 8.42 Å². The maximum absolute atomic E-state index is 12.1. The molecule has 0 spiro atoms. The van der Waals surface area contributed by atoms with Crippen molar-refractivity contribution < 1.29 is 13.5 Å². The fraction of sp³-hybridized carbons (Fsp3) is 0.364. The number of rotatable bonds is 4. The van der Waals surface area contributed by atoms with Crippen molar-refractivity contribution in [2.24, 2.45) is 0 Å². The highest BCUT2D eigenvalue weighted by atomic mass is 35.5. The van der Waals surface area contributed by atoms with Gasteiger partial charge in [-0.3, -0.25) is 0 Å². The minimum Gasteiger partial charge on any atom is -0.392 e. The molecule has 1 aromatic rings. The Hall–Kier alpha value is -1.13. The minimum atomic E-state index is -3.70. The second-order valence-corrected chi connectivity index (χ2v) is 6.34. The van der Waals surface area contributed by atoms with Crippen molar-refractivity contribution in [3.8, 4) is 6.07 Å². The number of hydrogen-bond acceptors (Lipinski definition) is 4. The van der Waals surface area contributed by atoms with Crippen LogP contribution in [0.4, 0.5) is 0 Å². The molecule has 0 saturated carbocycles. The summed E-state index contributed by atoms with van der Waals surface area (Å²) in [6, 6.07) is 5.76. The van der Waals surface area contributed by atoms with E-state index >= 15 is 0 Å². The van der Waals surface area contributed by atoms with Crippen LogP contribution in [0.3, 0.4) is 0 Å². The van der Waals surface area contributed by atoms with E-state index in [4.69, 9.17) is 16.9 Å². The van der Waals surface area contributed by atoms with Gasteiger partial charge < -0.3 is 5.11 Å². The van der Waals surface area contributed by atoms with Crippen molar-refractivity contribution in [2.75, 3.05) is 13.6 Å². The lowest BCUT2D eigenvalue weighted by Gasteiger charge is -2.18. The number of likely N-dealkylation sites (N-methyl/N-ethyl adjacent to an activating group) is 1. The maximum atomic E-state index is 12.1. The monoisotopic (exact) mass is 288 g/mol. The molecule has 7 heteroatoms. The highest BCUT2D eigenvalue weighted by molar-refractivity contribution is 7.89. The average molecular weight is 289 g/mol. The molecule has 98 valence electrons. The lowest BCUT2D eigenvalue weighted by molar-refractivity contribution is 0.171. The highest BCUT2D eigenvalue weighted by Crippen LogP contribution is 2.22. The molecule has 18 heavy (non-hydrogen) atoms. The van der Waals surface area contributed by atoms with Crippen molar-refractivity contribution in [1.29, 1.82) is 5.26 Å². The Labute approximate surface area is 111 Å². The van der Waals surface area contributed by atoms with E-state index in [-0.39, 0.29) is 22.0 Å². The molecule has 0 fully saturated rings. The van der Waals surface area contributed by atoms with Crippen LogP contribution in [0.1, 0.15) is 12.5 Å². The molecular weight excluding hydrogens is 276 g/mol. The molecule has 0 heterocycles. The summed E-state index contributed by atoms with van der Waals surface area (Å²) in [4.78, 5) is -0.00495. The summed E-state index contributed by atoms with van der Waals surface area (Å²) in [5.41, 5.74) is 0.216. The first kappa shape index (κ1) is 14.9. The zero-order valence-corrected chi connectivity index (χ0v) is 11.5. The largest absolute Gasteiger partial charge is 0.392 e. The number of aliphatic hydroxyl groups is 1. The van der Waals surface area contributed by atoms with E-state index in [9.17, 15) is 13.5 Å². The fourth-order valence-corrected chi connectivity index (χ4v) is 2.96. The van der Waals surface area contributed by atoms with Crippen molar-refractivity contribution >= 4 is 21.6 Å². The Morgan fingerprint density at radius 3 is 2.61 bits per heavy atom. The van der Waals surface area contributed by atoms with Crippen LogP contribution in [0.25, 0.3) is 0 Å². The van der Waals surface area contributed by atoms with Gasteiger partial charge in [-0.1, -0.05) is 11.6 Å². The number of nitriles is 1. The van der Waals surface area contributed by atoms with Crippen molar-refractivity contribution in [2.45, 2.75) is 17.9 Å². The summed E-state index contributed by atoms with van der Waals surface area (Å²) in [6.07, 6.45) is -0.765. The number of benzene rings is 1. The van der Waals surface area contributed by atoms with Gasteiger partial charge in [0.05, 0.1) is 21.6 Å². The molecule has 1 aromatic carbocycles. The predicted octanol–water partition coefficient (Wildman–Crippen LogP) is 1.21. The zero-order valence-electron chi connectivity index (χ0n) is 9.96. The molecule has 1 unspecified atom stereocenters. The summed E-state index contributed by atoms with van der Waals surface area (Å²) in [5, 5.41) is 18.0. The Morgan fingerprint density at radius 2 is 2.17 bits per heavy atom. The quantitative estimate of drug-likeness (QED) is 0.903. The Kier molecular flexibility index (Phi) is 4.71. The Morgan fingerprint density at radius 1 is 1.56 bits per heavy atom. The first-order valence-corrected chi connectivity index (χ1v) is 6.95. The summed E-state index contributed by atoms with van der Waals surface area (Å²) < 4.78 is 25.2. The van der Waals surface area contributed by atoms with Gasteiger partial charge in [0.15, 0.2) is 0 Å². The fourth-order valence-electron chi connectivity index (χ4n) is 1.40. The molecule has 1 N–H and O–H groups in total. The van der Waals surface area contributed by atoms with Crippen molar-refractivity contribution in [3.05, 3.63) is 28.8 Å². The lowest BCUT2D eigenvalue weighted by atomic mass is 10.2. The van der Waals surface area contributed by atoms with Crippen LogP contribution in [0.2, 0.25) is 5.02 Å². The van der Waals surface area contributed by atoms with E-state index in [0.29, 0.717) is 0 Å². The van der Waals surface area contributed by atoms with Gasteiger partial charge in [0.1, 0.15) is 6.07 Å². The molecule has 0 aliphatic carbocycles. The topological polar surface area (TPSA) is 81.4 Å². The van der Waals surface area contributed by atoms with Gasteiger partial charge in [-0.05, 0) is 25.1 Å². The third kappa shape index (κ3) is 3.21. The van der Waals surface area contributed by atoms with Gasteiger partial charge in [-0.2, -0.15) is 9.57 Å². The smallest absolute Gasteiger partial charge is 0.242 e. The molecule has 0 aliphatic rings. The standard InChI is InChI=1S/C11H13ClN2O3S/c1-8(15)7-14(2)18(16,17)10-4-3-9(6-13)11(12)5-10/h3-5,8,15H,7H2,1-2H3. The van der Waals surface area contributed by atoms with Crippen LogP contribution in [-0.2, 0) is 10.0 Å². The average Bonchev–Trinajstić information content (AvgIpc) is 2.27. The third-order valence-electron chi connectivity index (χ3n) is 2.29. The molecule has 0 bridgehead atoms. The number of aliphatic hydroxyl groups excluding tert-OH is 1. The SMILES string of the molecule is CC(O)CN(C)S(=O)(=O)c1ccc(C#N)c(Cl)c1. The molecule has 0 aliphatic heterocycles. The molecule has 0 amide bonds. The second kappa shape index (κ2) is 5.67. The van der Waals surface area contributed by atoms with Crippen molar-refractivity contribution in [1.82, 2.24) is 4.31 Å². The molecule has 0 aromatic heterocycles. The lowest BCUT2D eigenvalue weighted by Crippen LogP contribution is -2.33. The van der Waals surface area contributed by atoms with Gasteiger partial charge in [0, 0.05) is 13.6 Å². The number of hydrogen-bond donors (Lipinski definition) is 1. The van der Waals surface area contributed by atoms with Gasteiger partial charge in [-0.15, -0.1) is 0 Å². The third-order valence-corrected chi connectivity index (χ3v) is 4.42. The summed E-state index contributed by atoms with van der Waals surface area (Å²) in [6.45, 7) is 1.48. The number of halogens is 1. The first-order valence-electron chi connectivity index (χ1n) is 5.13. The van der Waals surface area contributed by atoms with Gasteiger partial charge in [0.25, 0.3) is 0 Å². The number of sulfonamides is 1. The molecule has 0 saturated heterocycles. The van der Waals surface area contributed by atoms with Crippen LogP contribution in [0.5, 0.6) is 0 Å². The molecular formula is C11H13ClN2O3S. The molecule has 1 atom stereocenters. The van der Waals surface area contributed by atoms with Crippen molar-refractivity contribution in [3.63, 3.8) is 0 Å². The van der Waals surface area contributed by atoms with E-state index in [2.05, 4.69) is 0 Å². The van der Waals surface area contributed by atoms with Crippen LogP contribution in [0.15, 0.2) is 23.1 Å². The van der Waals surface area contributed by atoms with E-state index in [1.54, 1.807) is 0 Å². The Bertz CT molecular complexity index is 578. The highest BCUT2D eigenvalue weighted by Gasteiger charge is 2.22.